The first-order valence-corrected chi connectivity index (χ1v) is 7.97. The smallest absolute Gasteiger partial charge is 0.269 e. The van der Waals surface area contributed by atoms with Crippen LogP contribution in [-0.2, 0) is 10.5 Å². The van der Waals surface area contributed by atoms with E-state index < -0.39 is 11.7 Å². The molecule has 8 heteroatoms. The van der Waals surface area contributed by atoms with E-state index in [1.165, 1.54) is 36.0 Å². The van der Waals surface area contributed by atoms with Crippen molar-refractivity contribution in [3.05, 3.63) is 52.7 Å². The van der Waals surface area contributed by atoms with E-state index in [9.17, 15) is 14.0 Å². The van der Waals surface area contributed by atoms with Crippen LogP contribution in [0.4, 0.5) is 4.39 Å². The Labute approximate surface area is 136 Å². The standard InChI is InChI=1S/C15H16FN3O3S/c1-9-13(10(2)22-19-9)7-23-8-14(20)17-18-15(21)11-3-5-12(16)6-4-11/h3-6H,7-8H2,1-2H3,(H,17,20)(H,18,21). The van der Waals surface area contributed by atoms with Crippen molar-refractivity contribution in [1.82, 2.24) is 16.0 Å². The number of aromatic nitrogens is 1. The Bertz CT molecular complexity index is 681. The largest absolute Gasteiger partial charge is 0.361 e. The van der Waals surface area contributed by atoms with Crippen LogP contribution in [0, 0.1) is 19.7 Å². The van der Waals surface area contributed by atoms with Crippen molar-refractivity contribution in [2.75, 3.05) is 5.75 Å². The minimum absolute atomic E-state index is 0.174. The summed E-state index contributed by atoms with van der Waals surface area (Å²) < 4.78 is 17.8. The summed E-state index contributed by atoms with van der Waals surface area (Å²) in [5.41, 5.74) is 6.63. The van der Waals surface area contributed by atoms with Gasteiger partial charge in [0.15, 0.2) is 0 Å². The first-order chi connectivity index (χ1) is 11.0. The number of aryl methyl sites for hydroxylation is 2. The third-order valence-corrected chi connectivity index (χ3v) is 4.04. The lowest BCUT2D eigenvalue weighted by molar-refractivity contribution is -0.119. The molecule has 0 bridgehead atoms. The van der Waals surface area contributed by atoms with Gasteiger partial charge >= 0.3 is 0 Å². The predicted octanol–water partition coefficient (Wildman–Crippen LogP) is 2.12. The van der Waals surface area contributed by atoms with E-state index in [-0.39, 0.29) is 17.2 Å². The van der Waals surface area contributed by atoms with Crippen molar-refractivity contribution < 1.29 is 18.5 Å². The summed E-state index contributed by atoms with van der Waals surface area (Å²) in [4.78, 5) is 23.4. The molecule has 0 aliphatic carbocycles. The molecule has 2 rings (SSSR count). The number of amides is 2. The minimum atomic E-state index is -0.505. The highest BCUT2D eigenvalue weighted by Crippen LogP contribution is 2.19. The minimum Gasteiger partial charge on any atom is -0.361 e. The molecule has 2 amide bonds. The molecule has 0 aliphatic heterocycles. The van der Waals surface area contributed by atoms with Gasteiger partial charge in [0.1, 0.15) is 11.6 Å². The quantitative estimate of drug-likeness (QED) is 0.817. The molecule has 0 aliphatic rings. The maximum Gasteiger partial charge on any atom is 0.269 e. The van der Waals surface area contributed by atoms with Crippen LogP contribution in [0.5, 0.6) is 0 Å². The third kappa shape index (κ3) is 4.82. The van der Waals surface area contributed by atoms with E-state index in [0.717, 1.165) is 17.0 Å². The monoisotopic (exact) mass is 337 g/mol. The second kappa shape index (κ2) is 7.77. The van der Waals surface area contributed by atoms with Crippen molar-refractivity contribution >= 4 is 23.6 Å². The zero-order chi connectivity index (χ0) is 16.8. The van der Waals surface area contributed by atoms with Crippen molar-refractivity contribution in [1.29, 1.82) is 0 Å². The lowest BCUT2D eigenvalue weighted by atomic mass is 10.2. The summed E-state index contributed by atoms with van der Waals surface area (Å²) in [5, 5.41) is 3.84. The first-order valence-electron chi connectivity index (χ1n) is 6.81. The topological polar surface area (TPSA) is 84.2 Å². The molecule has 0 unspecified atom stereocenters. The number of thioether (sulfide) groups is 1. The van der Waals surface area contributed by atoms with Crippen LogP contribution < -0.4 is 10.9 Å². The van der Waals surface area contributed by atoms with E-state index >= 15 is 0 Å². The zero-order valence-electron chi connectivity index (χ0n) is 12.7. The number of carbonyl (C=O) groups is 2. The van der Waals surface area contributed by atoms with E-state index in [4.69, 9.17) is 4.52 Å². The Morgan fingerprint density at radius 2 is 1.91 bits per heavy atom. The summed E-state index contributed by atoms with van der Waals surface area (Å²) >= 11 is 1.38. The molecule has 1 aromatic heterocycles. The second-order valence-corrected chi connectivity index (χ2v) is 5.79. The zero-order valence-corrected chi connectivity index (χ0v) is 13.5. The van der Waals surface area contributed by atoms with Crippen LogP contribution >= 0.6 is 11.8 Å². The van der Waals surface area contributed by atoms with Gasteiger partial charge in [0.05, 0.1) is 11.4 Å². The van der Waals surface area contributed by atoms with E-state index in [1.807, 2.05) is 13.8 Å². The highest BCUT2D eigenvalue weighted by Gasteiger charge is 2.11. The lowest BCUT2D eigenvalue weighted by Crippen LogP contribution is -2.42. The number of hydrazine groups is 1. The Balaban J connectivity index is 1.73. The van der Waals surface area contributed by atoms with Gasteiger partial charge in [-0.15, -0.1) is 11.8 Å². The molecule has 122 valence electrons. The summed E-state index contributed by atoms with van der Waals surface area (Å²) in [7, 11) is 0. The third-order valence-electron chi connectivity index (χ3n) is 3.08. The molecule has 2 aromatic rings. The van der Waals surface area contributed by atoms with Gasteiger partial charge in [-0.25, -0.2) is 4.39 Å². The number of rotatable bonds is 5. The Hall–Kier alpha value is -2.35. The van der Waals surface area contributed by atoms with Crippen LogP contribution in [-0.4, -0.2) is 22.7 Å². The second-order valence-electron chi connectivity index (χ2n) is 4.80. The number of benzene rings is 1. The average Bonchev–Trinajstić information content (AvgIpc) is 2.85. The highest BCUT2D eigenvalue weighted by atomic mass is 32.2. The molecule has 0 saturated carbocycles. The summed E-state index contributed by atoms with van der Waals surface area (Å²) in [6.45, 7) is 3.66. The molecule has 2 N–H and O–H groups in total. The highest BCUT2D eigenvalue weighted by molar-refractivity contribution is 7.99. The molecular formula is C15H16FN3O3S. The molecule has 0 spiro atoms. The number of nitrogens with one attached hydrogen (secondary N) is 2. The molecule has 0 radical (unpaired) electrons. The Kier molecular flexibility index (Phi) is 5.75. The summed E-state index contributed by atoms with van der Waals surface area (Å²) in [6, 6.07) is 5.03. The number of carbonyl (C=O) groups excluding carboxylic acids is 2. The maximum absolute atomic E-state index is 12.8. The molecule has 0 fully saturated rings. The fourth-order valence-corrected chi connectivity index (χ4v) is 2.77. The molecule has 0 saturated heterocycles. The number of hydrogen-bond acceptors (Lipinski definition) is 5. The van der Waals surface area contributed by atoms with Crippen LogP contribution in [0.25, 0.3) is 0 Å². The molecule has 0 atom stereocenters. The molecule has 1 heterocycles. The Morgan fingerprint density at radius 3 is 2.52 bits per heavy atom. The van der Waals surface area contributed by atoms with Crippen molar-refractivity contribution in [2.45, 2.75) is 19.6 Å². The molecule has 6 nitrogen and oxygen atoms in total. The number of nitrogens with zero attached hydrogens (tertiary/aromatic N) is 1. The summed E-state index contributed by atoms with van der Waals surface area (Å²) in [6.07, 6.45) is 0. The number of hydrogen-bond donors (Lipinski definition) is 2. The molecular weight excluding hydrogens is 321 g/mol. The van der Waals surface area contributed by atoms with Crippen LogP contribution in [0.15, 0.2) is 28.8 Å². The van der Waals surface area contributed by atoms with Gasteiger partial charge in [-0.05, 0) is 38.1 Å². The van der Waals surface area contributed by atoms with E-state index in [0.29, 0.717) is 5.75 Å². The van der Waals surface area contributed by atoms with Crippen LogP contribution in [0.3, 0.4) is 0 Å². The lowest BCUT2D eigenvalue weighted by Gasteiger charge is -2.07. The fourth-order valence-electron chi connectivity index (χ4n) is 1.79. The summed E-state index contributed by atoms with van der Waals surface area (Å²) in [5.74, 6) is 0.237. The van der Waals surface area contributed by atoms with Crippen molar-refractivity contribution in [3.63, 3.8) is 0 Å². The van der Waals surface area contributed by atoms with Gasteiger partial charge in [-0.1, -0.05) is 5.16 Å². The van der Waals surface area contributed by atoms with Gasteiger partial charge < -0.3 is 4.52 Å². The normalized spacial score (nSPS) is 10.4. The van der Waals surface area contributed by atoms with Gasteiger partial charge in [0, 0.05) is 16.9 Å². The fraction of sp³-hybridized carbons (Fsp3) is 0.267. The predicted molar refractivity (Wildman–Crippen MR) is 84.1 cm³/mol. The van der Waals surface area contributed by atoms with E-state index in [2.05, 4.69) is 16.0 Å². The molecule has 23 heavy (non-hydrogen) atoms. The molecule has 1 aromatic carbocycles. The maximum atomic E-state index is 12.8. The van der Waals surface area contributed by atoms with Crippen LogP contribution in [0.2, 0.25) is 0 Å². The SMILES string of the molecule is Cc1noc(C)c1CSCC(=O)NNC(=O)c1ccc(F)cc1. The van der Waals surface area contributed by atoms with Gasteiger partial charge in [0.2, 0.25) is 5.91 Å². The van der Waals surface area contributed by atoms with Gasteiger partial charge in [-0.2, -0.15) is 0 Å². The van der Waals surface area contributed by atoms with Crippen LogP contribution in [0.1, 0.15) is 27.4 Å². The van der Waals surface area contributed by atoms with E-state index in [1.54, 1.807) is 0 Å². The Morgan fingerprint density at radius 1 is 1.22 bits per heavy atom. The van der Waals surface area contributed by atoms with Crippen molar-refractivity contribution in [2.24, 2.45) is 0 Å². The first kappa shape index (κ1) is 17.0. The van der Waals surface area contributed by atoms with Gasteiger partial charge in [0.25, 0.3) is 5.91 Å². The average molecular weight is 337 g/mol. The number of halogens is 1. The van der Waals surface area contributed by atoms with Crippen molar-refractivity contribution in [3.8, 4) is 0 Å². The van der Waals surface area contributed by atoms with Gasteiger partial charge in [-0.3, -0.25) is 20.4 Å².